The monoisotopic (exact) mass is 195 g/mol. The molecular formula is H5AlCaMgNaO3Si-. The topological polar surface area (TPSA) is 93.0 Å². The standard InChI is InChI=1S/Al.Ca.Mg.Na.3H2O.Si/h;;;;3*1H2;/p-1. The van der Waals surface area contributed by atoms with Crippen molar-refractivity contribution in [3.8, 4) is 0 Å². The van der Waals surface area contributed by atoms with Crippen LogP contribution in [0.1, 0.15) is 0 Å². The zero-order valence-corrected chi connectivity index (χ0v) is 12.7. The van der Waals surface area contributed by atoms with E-state index in [0.717, 1.165) is 0 Å². The van der Waals surface area contributed by atoms with Crippen LogP contribution in [0.25, 0.3) is 0 Å². The molecule has 0 amide bonds. The van der Waals surface area contributed by atoms with E-state index in [1.807, 2.05) is 0 Å². The van der Waals surface area contributed by atoms with Gasteiger partial charge in [-0.05, 0) is 0 Å². The Morgan fingerprint density at radius 1 is 0.875 bits per heavy atom. The second-order valence-corrected chi connectivity index (χ2v) is 0. The van der Waals surface area contributed by atoms with Gasteiger partial charge in [0.25, 0.3) is 0 Å². The van der Waals surface area contributed by atoms with Crippen molar-refractivity contribution in [3.63, 3.8) is 0 Å². The van der Waals surface area contributed by atoms with Crippen molar-refractivity contribution < 1.29 is 16.4 Å². The summed E-state index contributed by atoms with van der Waals surface area (Å²) >= 11 is 0. The molecule has 0 aliphatic carbocycles. The van der Waals surface area contributed by atoms with Gasteiger partial charge >= 0.3 is 0 Å². The Morgan fingerprint density at radius 2 is 0.875 bits per heavy atom. The molecule has 12 radical (unpaired) electrons. The van der Waals surface area contributed by atoms with Gasteiger partial charge < -0.3 is 16.4 Å². The molecule has 0 bridgehead atoms. The van der Waals surface area contributed by atoms with Crippen LogP contribution in [-0.2, 0) is 0 Å². The molecule has 8 heteroatoms. The molecule has 8 heavy (non-hydrogen) atoms. The quantitative estimate of drug-likeness (QED) is 0.365. The first kappa shape index (κ1) is 99.0. The minimum absolute atomic E-state index is 0. The van der Waals surface area contributed by atoms with Crippen LogP contribution in [-0.4, -0.2) is 135 Å². The Morgan fingerprint density at radius 3 is 0.875 bits per heavy atom. The second kappa shape index (κ2) is 74.3. The summed E-state index contributed by atoms with van der Waals surface area (Å²) in [6.45, 7) is 0. The minimum Gasteiger partial charge on any atom is -0.870 e. The summed E-state index contributed by atoms with van der Waals surface area (Å²) in [4.78, 5) is 0. The molecule has 0 saturated heterocycles. The van der Waals surface area contributed by atoms with Crippen molar-refractivity contribution in [2.24, 2.45) is 0 Å². The molecule has 0 atom stereocenters. The zero-order valence-electron chi connectivity index (χ0n) is 4.94. The van der Waals surface area contributed by atoms with Crippen LogP contribution in [0.3, 0.4) is 0 Å². The van der Waals surface area contributed by atoms with E-state index >= 15 is 0 Å². The van der Waals surface area contributed by atoms with Crippen LogP contribution < -0.4 is 0 Å². The van der Waals surface area contributed by atoms with Gasteiger partial charge in [-0.15, -0.1) is 0 Å². The SMILES string of the molecule is O.O.[Al].[Ca].[Mg].[Na].[OH-].[Si]. The fourth-order valence-electron chi connectivity index (χ4n) is 0. The van der Waals surface area contributed by atoms with Gasteiger partial charge in [0.05, 0.1) is 0 Å². The smallest absolute Gasteiger partial charge is 0 e. The van der Waals surface area contributed by atoms with Crippen LogP contribution in [0.4, 0.5) is 0 Å². The van der Waals surface area contributed by atoms with E-state index in [4.69, 9.17) is 0 Å². The first-order valence-electron chi connectivity index (χ1n) is 0. The Bertz CT molecular complexity index is 19.2. The zero-order chi connectivity index (χ0) is 0. The third-order valence-corrected chi connectivity index (χ3v) is 0. The Hall–Kier alpha value is 3.66. The maximum absolute atomic E-state index is 0. The molecule has 0 rings (SSSR count). The van der Waals surface area contributed by atoms with Crippen molar-refractivity contribution in [3.05, 3.63) is 0 Å². The average Bonchev–Trinajstić information content (AvgIpc) is 0. The summed E-state index contributed by atoms with van der Waals surface area (Å²) in [5, 5.41) is 0. The van der Waals surface area contributed by atoms with Gasteiger partial charge in [0.1, 0.15) is 0 Å². The maximum atomic E-state index is 0. The number of hydrogen-bond donors (Lipinski definition) is 0. The predicted octanol–water partition coefficient (Wildman–Crippen LogP) is -3.73. The fraction of sp³-hybridized carbons (Fsp3) is 0. The van der Waals surface area contributed by atoms with Gasteiger partial charge in [0.2, 0.25) is 0 Å². The Labute approximate surface area is 132 Å². The van der Waals surface area contributed by atoms with Crippen molar-refractivity contribution in [1.82, 2.24) is 0 Å². The van der Waals surface area contributed by atoms with Crippen molar-refractivity contribution in [2.75, 3.05) is 0 Å². The summed E-state index contributed by atoms with van der Waals surface area (Å²) in [6, 6.07) is 0. The normalized spacial score (nSPS) is 0. The molecule has 0 aliphatic rings. The first-order chi connectivity index (χ1) is 0. The minimum atomic E-state index is 0. The summed E-state index contributed by atoms with van der Waals surface area (Å²) in [5.74, 6) is 0. The van der Waals surface area contributed by atoms with Gasteiger partial charge in [-0.2, -0.15) is 0 Å². The fourth-order valence-corrected chi connectivity index (χ4v) is 0. The summed E-state index contributed by atoms with van der Waals surface area (Å²) in [7, 11) is 0. The van der Waals surface area contributed by atoms with Crippen LogP contribution >= 0.6 is 0 Å². The van der Waals surface area contributed by atoms with Gasteiger partial charge in [-0.25, -0.2) is 0 Å². The van der Waals surface area contributed by atoms with E-state index in [1.54, 1.807) is 0 Å². The predicted molar refractivity (Wildman–Crippen MR) is 37.9 cm³/mol. The van der Waals surface area contributed by atoms with Gasteiger partial charge in [0, 0.05) is 119 Å². The van der Waals surface area contributed by atoms with Crippen LogP contribution in [0.5, 0.6) is 0 Å². The van der Waals surface area contributed by atoms with Gasteiger partial charge in [-0.3, -0.25) is 0 Å². The van der Waals surface area contributed by atoms with E-state index in [-0.39, 0.29) is 135 Å². The molecule has 0 aromatic carbocycles. The molecule has 36 valence electrons. The molecule has 0 unspecified atom stereocenters. The molecule has 0 fully saturated rings. The van der Waals surface area contributed by atoms with E-state index in [1.165, 1.54) is 0 Å². The Kier molecular flexibility index (Phi) is 920. The molecular weight excluding hydrogens is 190 g/mol. The molecule has 0 aliphatic heterocycles. The average molecular weight is 195 g/mol. The van der Waals surface area contributed by atoms with Gasteiger partial charge in [-0.1, -0.05) is 0 Å². The number of rotatable bonds is 0. The van der Waals surface area contributed by atoms with Crippen molar-refractivity contribution in [2.45, 2.75) is 0 Å². The summed E-state index contributed by atoms with van der Waals surface area (Å²) < 4.78 is 0. The van der Waals surface area contributed by atoms with E-state index < -0.39 is 0 Å². The molecule has 0 spiro atoms. The van der Waals surface area contributed by atoms with E-state index in [9.17, 15) is 0 Å². The van der Waals surface area contributed by atoms with Crippen LogP contribution in [0, 0.1) is 0 Å². The first-order valence-corrected chi connectivity index (χ1v) is 0. The van der Waals surface area contributed by atoms with Crippen molar-refractivity contribution in [1.29, 1.82) is 0 Å². The maximum Gasteiger partial charge on any atom is 0 e. The Balaban J connectivity index is 0. The second-order valence-electron chi connectivity index (χ2n) is 0. The molecule has 3 nitrogen and oxygen atoms in total. The molecule has 0 saturated carbocycles. The molecule has 5 N–H and O–H groups in total. The van der Waals surface area contributed by atoms with E-state index in [2.05, 4.69) is 0 Å². The third kappa shape index (κ3) is 54.1. The van der Waals surface area contributed by atoms with Crippen LogP contribution in [0.2, 0.25) is 0 Å². The van der Waals surface area contributed by atoms with Crippen LogP contribution in [0.15, 0.2) is 0 Å². The summed E-state index contributed by atoms with van der Waals surface area (Å²) in [6.07, 6.45) is 0. The van der Waals surface area contributed by atoms with Gasteiger partial charge in [0.15, 0.2) is 0 Å². The van der Waals surface area contributed by atoms with E-state index in [0.29, 0.717) is 0 Å². The molecule has 0 aromatic rings. The largest absolute Gasteiger partial charge is 0.870 e. The molecule has 0 heterocycles. The molecule has 0 aromatic heterocycles. The van der Waals surface area contributed by atoms with Crippen molar-refractivity contribution >= 4 is 119 Å². The number of hydrogen-bond acceptors (Lipinski definition) is 1. The summed E-state index contributed by atoms with van der Waals surface area (Å²) in [5.41, 5.74) is 0. The third-order valence-electron chi connectivity index (χ3n) is 0.